The highest BCUT2D eigenvalue weighted by molar-refractivity contribution is 7.89. The van der Waals surface area contributed by atoms with Gasteiger partial charge in [0.05, 0.1) is 5.41 Å². The summed E-state index contributed by atoms with van der Waals surface area (Å²) in [6, 6.07) is 3.07. The zero-order valence-electron chi connectivity index (χ0n) is 16.7. The molecule has 1 fully saturated rings. The van der Waals surface area contributed by atoms with Crippen molar-refractivity contribution >= 4 is 21.9 Å². The molecule has 1 saturated carbocycles. The average Bonchev–Trinajstić information content (AvgIpc) is 3.17. The van der Waals surface area contributed by atoms with Crippen LogP contribution >= 0.6 is 0 Å². The average molecular weight is 411 g/mol. The molecule has 0 radical (unpaired) electrons. The number of aliphatic imine (C=N–C) groups is 1. The number of hydrogen-bond acceptors (Lipinski definition) is 5. The number of nitrogens with zero attached hydrogens (tertiary/aromatic N) is 3. The molecule has 1 aliphatic carbocycles. The molecule has 0 aliphatic heterocycles. The van der Waals surface area contributed by atoms with Gasteiger partial charge in [0, 0.05) is 53.2 Å². The van der Waals surface area contributed by atoms with Gasteiger partial charge in [-0.05, 0) is 25.0 Å². The van der Waals surface area contributed by atoms with Gasteiger partial charge in [-0.2, -0.15) is 0 Å². The second kappa shape index (κ2) is 9.83. The number of guanidine groups is 1. The standard InChI is InChI=1S/C18H30N6O3S/c1-19-17(22-14-18(8-4-5-9-18)16(25)24(2)3)21-11-12-23-28(26,27)15-7-6-10-20-13-15/h6-7,10,13,23H,4-5,8-9,11-12,14H2,1-3H3,(H2,19,21,22). The fourth-order valence-electron chi connectivity index (χ4n) is 3.42. The molecule has 0 unspecified atom stereocenters. The van der Waals surface area contributed by atoms with Gasteiger partial charge in [0.1, 0.15) is 4.90 Å². The lowest BCUT2D eigenvalue weighted by Gasteiger charge is -2.31. The van der Waals surface area contributed by atoms with Gasteiger partial charge < -0.3 is 15.5 Å². The lowest BCUT2D eigenvalue weighted by molar-refractivity contribution is -0.138. The SMILES string of the molecule is CN=C(NCCNS(=O)(=O)c1cccnc1)NCC1(C(=O)N(C)C)CCCC1. The number of rotatable bonds is 8. The van der Waals surface area contributed by atoms with E-state index in [1.54, 1.807) is 32.1 Å². The summed E-state index contributed by atoms with van der Waals surface area (Å²) in [6.45, 7) is 1.05. The Hall–Kier alpha value is -2.20. The number of carbonyl (C=O) groups excluding carboxylic acids is 1. The number of carbonyl (C=O) groups is 1. The molecule has 1 aromatic heterocycles. The number of aromatic nitrogens is 1. The van der Waals surface area contributed by atoms with Gasteiger partial charge in [0.25, 0.3) is 0 Å². The van der Waals surface area contributed by atoms with E-state index in [0.29, 0.717) is 19.0 Å². The number of pyridine rings is 1. The molecule has 156 valence electrons. The summed E-state index contributed by atoms with van der Waals surface area (Å²) in [5.74, 6) is 0.676. The first kappa shape index (κ1) is 22.1. The van der Waals surface area contributed by atoms with Crippen LogP contribution < -0.4 is 15.4 Å². The van der Waals surface area contributed by atoms with Gasteiger partial charge in [0.2, 0.25) is 15.9 Å². The van der Waals surface area contributed by atoms with Crippen molar-refractivity contribution in [3.63, 3.8) is 0 Å². The minimum absolute atomic E-state index is 0.128. The molecule has 1 amide bonds. The summed E-state index contributed by atoms with van der Waals surface area (Å²) in [4.78, 5) is 22.4. The highest BCUT2D eigenvalue weighted by atomic mass is 32.2. The summed E-state index contributed by atoms with van der Waals surface area (Å²) < 4.78 is 26.8. The van der Waals surface area contributed by atoms with E-state index >= 15 is 0 Å². The van der Waals surface area contributed by atoms with E-state index in [4.69, 9.17) is 0 Å². The summed E-state index contributed by atoms with van der Waals surface area (Å²) in [5.41, 5.74) is -0.400. The van der Waals surface area contributed by atoms with Gasteiger partial charge in [-0.15, -0.1) is 0 Å². The van der Waals surface area contributed by atoms with E-state index in [9.17, 15) is 13.2 Å². The van der Waals surface area contributed by atoms with Gasteiger partial charge >= 0.3 is 0 Å². The second-order valence-electron chi connectivity index (χ2n) is 7.13. The Morgan fingerprint density at radius 3 is 2.54 bits per heavy atom. The Labute approximate surface area is 167 Å². The van der Waals surface area contributed by atoms with Crippen molar-refractivity contribution in [1.29, 1.82) is 0 Å². The van der Waals surface area contributed by atoms with Crippen LogP contribution in [-0.2, 0) is 14.8 Å². The molecule has 2 rings (SSSR count). The van der Waals surface area contributed by atoms with Gasteiger partial charge in [-0.25, -0.2) is 13.1 Å². The molecule has 0 bridgehead atoms. The third-order valence-electron chi connectivity index (χ3n) is 4.89. The van der Waals surface area contributed by atoms with E-state index in [0.717, 1.165) is 25.7 Å². The smallest absolute Gasteiger partial charge is 0.242 e. The minimum atomic E-state index is -3.58. The van der Waals surface area contributed by atoms with Gasteiger partial charge in [-0.3, -0.25) is 14.8 Å². The van der Waals surface area contributed by atoms with Crippen molar-refractivity contribution in [2.24, 2.45) is 10.4 Å². The molecule has 10 heteroatoms. The summed E-state index contributed by atoms with van der Waals surface area (Å²) >= 11 is 0. The van der Waals surface area contributed by atoms with E-state index in [1.807, 2.05) is 0 Å². The molecular formula is C18H30N6O3S. The Bertz CT molecular complexity index is 774. The number of amides is 1. The molecule has 0 aromatic carbocycles. The van der Waals surface area contributed by atoms with Crippen LogP contribution in [0.25, 0.3) is 0 Å². The molecule has 9 nitrogen and oxygen atoms in total. The van der Waals surface area contributed by atoms with Crippen LogP contribution in [0.15, 0.2) is 34.4 Å². The number of sulfonamides is 1. The van der Waals surface area contributed by atoms with E-state index in [-0.39, 0.29) is 17.3 Å². The van der Waals surface area contributed by atoms with Crippen molar-refractivity contribution in [2.75, 3.05) is 40.8 Å². The first-order chi connectivity index (χ1) is 13.3. The molecule has 28 heavy (non-hydrogen) atoms. The third-order valence-corrected chi connectivity index (χ3v) is 6.34. The van der Waals surface area contributed by atoms with Crippen LogP contribution in [0.1, 0.15) is 25.7 Å². The molecule has 0 atom stereocenters. The predicted molar refractivity (Wildman–Crippen MR) is 108 cm³/mol. The third kappa shape index (κ3) is 5.65. The van der Waals surface area contributed by atoms with Crippen molar-refractivity contribution in [3.05, 3.63) is 24.5 Å². The molecule has 3 N–H and O–H groups in total. The fourth-order valence-corrected chi connectivity index (χ4v) is 4.42. The van der Waals surface area contributed by atoms with E-state index in [2.05, 4.69) is 25.3 Å². The number of hydrogen-bond donors (Lipinski definition) is 3. The monoisotopic (exact) mass is 410 g/mol. The zero-order chi connectivity index (χ0) is 20.6. The van der Waals surface area contributed by atoms with Crippen LogP contribution in [0.4, 0.5) is 0 Å². The topological polar surface area (TPSA) is 116 Å². The van der Waals surface area contributed by atoms with E-state index < -0.39 is 15.4 Å². The van der Waals surface area contributed by atoms with Crippen molar-refractivity contribution in [3.8, 4) is 0 Å². The maximum absolute atomic E-state index is 12.6. The van der Waals surface area contributed by atoms with Crippen LogP contribution in [-0.4, -0.2) is 70.9 Å². The Balaban J connectivity index is 1.82. The lowest BCUT2D eigenvalue weighted by Crippen LogP contribution is -2.50. The Kier molecular flexibility index (Phi) is 7.76. The first-order valence-electron chi connectivity index (χ1n) is 9.37. The van der Waals surface area contributed by atoms with Crippen molar-refractivity contribution < 1.29 is 13.2 Å². The highest BCUT2D eigenvalue weighted by Crippen LogP contribution is 2.38. The lowest BCUT2D eigenvalue weighted by atomic mass is 9.84. The fraction of sp³-hybridized carbons (Fsp3) is 0.611. The Morgan fingerprint density at radius 1 is 1.25 bits per heavy atom. The summed E-state index contributed by atoms with van der Waals surface area (Å²) in [5, 5.41) is 6.30. The molecule has 1 heterocycles. The van der Waals surface area contributed by atoms with Crippen molar-refractivity contribution in [1.82, 2.24) is 25.2 Å². The largest absolute Gasteiger partial charge is 0.355 e. The first-order valence-corrected chi connectivity index (χ1v) is 10.8. The minimum Gasteiger partial charge on any atom is -0.355 e. The van der Waals surface area contributed by atoms with Crippen LogP contribution in [0.3, 0.4) is 0 Å². The van der Waals surface area contributed by atoms with Gasteiger partial charge in [-0.1, -0.05) is 12.8 Å². The zero-order valence-corrected chi connectivity index (χ0v) is 17.6. The molecule has 0 spiro atoms. The molecular weight excluding hydrogens is 380 g/mol. The Morgan fingerprint density at radius 2 is 1.96 bits per heavy atom. The number of nitrogens with one attached hydrogen (secondary N) is 3. The predicted octanol–water partition coefficient (Wildman–Crippen LogP) is 0.174. The van der Waals surface area contributed by atoms with Crippen LogP contribution in [0.5, 0.6) is 0 Å². The molecule has 1 aromatic rings. The summed E-state index contributed by atoms with van der Waals surface area (Å²) in [7, 11) is 1.62. The van der Waals surface area contributed by atoms with Crippen LogP contribution in [0.2, 0.25) is 0 Å². The molecule has 0 saturated heterocycles. The maximum Gasteiger partial charge on any atom is 0.242 e. The van der Waals surface area contributed by atoms with Crippen LogP contribution in [0, 0.1) is 5.41 Å². The summed E-state index contributed by atoms with van der Waals surface area (Å²) in [6.07, 6.45) is 6.64. The normalized spacial score (nSPS) is 16.6. The van der Waals surface area contributed by atoms with Gasteiger partial charge in [0.15, 0.2) is 5.96 Å². The quantitative estimate of drug-likeness (QED) is 0.320. The molecule has 1 aliphatic rings. The maximum atomic E-state index is 12.6. The highest BCUT2D eigenvalue weighted by Gasteiger charge is 2.42. The van der Waals surface area contributed by atoms with Crippen molar-refractivity contribution in [2.45, 2.75) is 30.6 Å². The second-order valence-corrected chi connectivity index (χ2v) is 8.89. The van der Waals surface area contributed by atoms with E-state index in [1.165, 1.54) is 18.5 Å².